The van der Waals surface area contributed by atoms with Gasteiger partial charge in [0.2, 0.25) is 0 Å². The molecule has 1 aromatic heterocycles. The molecule has 0 spiro atoms. The van der Waals surface area contributed by atoms with E-state index in [9.17, 15) is 4.79 Å². The van der Waals surface area contributed by atoms with E-state index >= 15 is 0 Å². The first-order chi connectivity index (χ1) is 12.7. The van der Waals surface area contributed by atoms with Gasteiger partial charge >= 0.3 is 0 Å². The fraction of sp³-hybridized carbons (Fsp3) is 0.389. The van der Waals surface area contributed by atoms with Crippen LogP contribution in [0.4, 0.5) is 5.82 Å². The zero-order chi connectivity index (χ0) is 18.2. The summed E-state index contributed by atoms with van der Waals surface area (Å²) >= 11 is 6.08. The number of nitrogens with one attached hydrogen (secondary N) is 2. The van der Waals surface area contributed by atoms with Crippen molar-refractivity contribution in [2.24, 2.45) is 0 Å². The van der Waals surface area contributed by atoms with Crippen LogP contribution >= 0.6 is 11.6 Å². The number of halogens is 1. The Hall–Kier alpha value is -2.22. The second kappa shape index (κ2) is 9.47. The van der Waals surface area contributed by atoms with Gasteiger partial charge in [-0.25, -0.2) is 0 Å². The number of aromatic nitrogens is 2. The summed E-state index contributed by atoms with van der Waals surface area (Å²) in [5, 5.41) is 14.7. The minimum atomic E-state index is -0.280. The van der Waals surface area contributed by atoms with E-state index in [2.05, 4.69) is 25.7 Å². The molecule has 1 fully saturated rings. The summed E-state index contributed by atoms with van der Waals surface area (Å²) in [5.74, 6) is 0.373. The molecule has 1 aliphatic rings. The van der Waals surface area contributed by atoms with Crippen molar-refractivity contribution in [3.63, 3.8) is 0 Å². The molecule has 0 saturated carbocycles. The summed E-state index contributed by atoms with van der Waals surface area (Å²) in [5.41, 5.74) is 1.13. The highest BCUT2D eigenvalue weighted by Gasteiger charge is 2.11. The van der Waals surface area contributed by atoms with Crippen molar-refractivity contribution < 1.29 is 9.53 Å². The number of carbonyl (C=O) groups is 1. The summed E-state index contributed by atoms with van der Waals surface area (Å²) in [7, 11) is 0. The molecule has 2 N–H and O–H groups in total. The lowest BCUT2D eigenvalue weighted by Crippen LogP contribution is -2.39. The summed E-state index contributed by atoms with van der Waals surface area (Å²) < 4.78 is 5.32. The lowest BCUT2D eigenvalue weighted by molar-refractivity contribution is 0.0398. The molecule has 8 heteroatoms. The van der Waals surface area contributed by atoms with Crippen molar-refractivity contribution in [3.05, 3.63) is 52.7 Å². The number of ether oxygens (including phenoxy) is 1. The number of carbonyl (C=O) groups excluding carboxylic acids is 1. The van der Waals surface area contributed by atoms with Crippen LogP contribution in [0.2, 0.25) is 5.02 Å². The Morgan fingerprint density at radius 1 is 1.15 bits per heavy atom. The van der Waals surface area contributed by atoms with E-state index in [0.29, 0.717) is 17.4 Å². The van der Waals surface area contributed by atoms with Gasteiger partial charge in [0.25, 0.3) is 5.91 Å². The van der Waals surface area contributed by atoms with Crippen molar-refractivity contribution in [2.75, 3.05) is 44.7 Å². The molecule has 2 aromatic rings. The van der Waals surface area contributed by atoms with E-state index in [-0.39, 0.29) is 11.6 Å². The van der Waals surface area contributed by atoms with Crippen LogP contribution in [-0.4, -0.2) is 60.4 Å². The molecule has 26 heavy (non-hydrogen) atoms. The largest absolute Gasteiger partial charge is 0.379 e. The number of hydrogen-bond acceptors (Lipinski definition) is 6. The Bertz CT molecular complexity index is 720. The molecule has 0 aliphatic carbocycles. The summed E-state index contributed by atoms with van der Waals surface area (Å²) in [6.45, 7) is 5.53. The molecular weight excluding hydrogens is 354 g/mol. The predicted octanol–water partition coefficient (Wildman–Crippen LogP) is 1.80. The number of rotatable bonds is 7. The minimum absolute atomic E-state index is 0.274. The Balaban J connectivity index is 1.44. The number of nitrogens with zero attached hydrogens (tertiary/aromatic N) is 3. The highest BCUT2D eigenvalue weighted by atomic mass is 35.5. The summed E-state index contributed by atoms with van der Waals surface area (Å²) in [4.78, 5) is 14.5. The van der Waals surface area contributed by atoms with Crippen molar-refractivity contribution in [1.82, 2.24) is 20.4 Å². The molecule has 1 aromatic carbocycles. The summed E-state index contributed by atoms with van der Waals surface area (Å²) in [6.07, 6.45) is 0. The van der Waals surface area contributed by atoms with Gasteiger partial charge < -0.3 is 15.4 Å². The average Bonchev–Trinajstić information content (AvgIpc) is 2.68. The van der Waals surface area contributed by atoms with E-state index in [0.717, 1.165) is 45.0 Å². The van der Waals surface area contributed by atoms with Gasteiger partial charge in [0.05, 0.1) is 13.2 Å². The first-order valence-corrected chi connectivity index (χ1v) is 8.99. The predicted molar refractivity (Wildman–Crippen MR) is 100 cm³/mol. The number of morpholine rings is 1. The molecule has 0 unspecified atom stereocenters. The maximum absolute atomic E-state index is 12.2. The molecule has 138 valence electrons. The molecule has 1 amide bonds. The Morgan fingerprint density at radius 2 is 1.96 bits per heavy atom. The average molecular weight is 376 g/mol. The van der Waals surface area contributed by atoms with Gasteiger partial charge in [0.1, 0.15) is 5.82 Å². The molecule has 0 bridgehead atoms. The standard InChI is InChI=1S/C18H22ClN5O2/c19-15-4-2-1-3-14(15)13-21-18(25)16-5-6-17(23-22-16)20-7-8-24-9-11-26-12-10-24/h1-6H,7-13H2,(H,20,23)(H,21,25). The Labute approximate surface area is 157 Å². The number of anilines is 1. The van der Waals surface area contributed by atoms with Crippen molar-refractivity contribution >= 4 is 23.3 Å². The van der Waals surface area contributed by atoms with Crippen LogP contribution in [0, 0.1) is 0 Å². The maximum atomic E-state index is 12.2. The summed E-state index contributed by atoms with van der Waals surface area (Å²) in [6, 6.07) is 10.8. The first kappa shape index (κ1) is 18.6. The van der Waals surface area contributed by atoms with Gasteiger partial charge in [-0.3, -0.25) is 9.69 Å². The van der Waals surface area contributed by atoms with Gasteiger partial charge in [-0.1, -0.05) is 29.8 Å². The van der Waals surface area contributed by atoms with Crippen molar-refractivity contribution in [3.8, 4) is 0 Å². The molecule has 7 nitrogen and oxygen atoms in total. The highest BCUT2D eigenvalue weighted by molar-refractivity contribution is 6.31. The maximum Gasteiger partial charge on any atom is 0.272 e. The SMILES string of the molecule is O=C(NCc1ccccc1Cl)c1ccc(NCCN2CCOCC2)nn1. The molecule has 0 radical (unpaired) electrons. The lowest BCUT2D eigenvalue weighted by atomic mass is 10.2. The van der Waals surface area contributed by atoms with Crippen LogP contribution in [0.15, 0.2) is 36.4 Å². The smallest absolute Gasteiger partial charge is 0.272 e. The Kier molecular flexibility index (Phi) is 6.76. The Morgan fingerprint density at radius 3 is 2.69 bits per heavy atom. The number of benzene rings is 1. The monoisotopic (exact) mass is 375 g/mol. The van der Waals surface area contributed by atoms with Crippen molar-refractivity contribution in [1.29, 1.82) is 0 Å². The fourth-order valence-electron chi connectivity index (χ4n) is 2.62. The molecule has 3 rings (SSSR count). The van der Waals surface area contributed by atoms with Gasteiger partial charge in [0.15, 0.2) is 5.69 Å². The van der Waals surface area contributed by atoms with Crippen LogP contribution < -0.4 is 10.6 Å². The third-order valence-electron chi connectivity index (χ3n) is 4.13. The second-order valence-electron chi connectivity index (χ2n) is 5.96. The van der Waals surface area contributed by atoms with E-state index in [1.807, 2.05) is 18.2 Å². The number of amides is 1. The van der Waals surface area contributed by atoms with E-state index in [4.69, 9.17) is 16.3 Å². The molecule has 0 atom stereocenters. The molecule has 1 saturated heterocycles. The first-order valence-electron chi connectivity index (χ1n) is 8.62. The van der Waals surface area contributed by atoms with E-state index in [1.165, 1.54) is 0 Å². The molecule has 1 aliphatic heterocycles. The fourth-order valence-corrected chi connectivity index (χ4v) is 2.82. The highest BCUT2D eigenvalue weighted by Crippen LogP contribution is 2.14. The zero-order valence-corrected chi connectivity index (χ0v) is 15.2. The van der Waals surface area contributed by atoms with E-state index < -0.39 is 0 Å². The van der Waals surface area contributed by atoms with Gasteiger partial charge in [-0.05, 0) is 23.8 Å². The lowest BCUT2D eigenvalue weighted by Gasteiger charge is -2.26. The zero-order valence-electron chi connectivity index (χ0n) is 14.4. The van der Waals surface area contributed by atoms with E-state index in [1.54, 1.807) is 18.2 Å². The normalized spacial score (nSPS) is 14.8. The van der Waals surface area contributed by atoms with Crippen molar-refractivity contribution in [2.45, 2.75) is 6.54 Å². The second-order valence-corrected chi connectivity index (χ2v) is 6.37. The quantitative estimate of drug-likeness (QED) is 0.768. The topological polar surface area (TPSA) is 79.4 Å². The third-order valence-corrected chi connectivity index (χ3v) is 4.50. The van der Waals surface area contributed by atoms with Crippen LogP contribution in [0.1, 0.15) is 16.1 Å². The van der Waals surface area contributed by atoms with Gasteiger partial charge in [0, 0.05) is 37.7 Å². The van der Waals surface area contributed by atoms with Crippen LogP contribution in [0.25, 0.3) is 0 Å². The van der Waals surface area contributed by atoms with Crippen LogP contribution in [-0.2, 0) is 11.3 Å². The third kappa shape index (κ3) is 5.39. The van der Waals surface area contributed by atoms with Crippen LogP contribution in [0.5, 0.6) is 0 Å². The van der Waals surface area contributed by atoms with Crippen LogP contribution in [0.3, 0.4) is 0 Å². The molecule has 2 heterocycles. The van der Waals surface area contributed by atoms with Gasteiger partial charge in [-0.2, -0.15) is 0 Å². The minimum Gasteiger partial charge on any atom is -0.379 e. The van der Waals surface area contributed by atoms with Gasteiger partial charge in [-0.15, -0.1) is 10.2 Å². The molecular formula is C18H22ClN5O2. The number of hydrogen-bond donors (Lipinski definition) is 2.